The van der Waals surface area contributed by atoms with Gasteiger partial charge in [-0.1, -0.05) is 6.07 Å². The molecule has 0 atom stereocenters. The van der Waals surface area contributed by atoms with Crippen molar-refractivity contribution >= 4 is 11.8 Å². The normalized spacial score (nSPS) is 11.0. The van der Waals surface area contributed by atoms with Gasteiger partial charge in [0, 0.05) is 11.6 Å². The van der Waals surface area contributed by atoms with Gasteiger partial charge in [0.2, 0.25) is 0 Å². The fourth-order valence-electron chi connectivity index (χ4n) is 2.22. The van der Waals surface area contributed by atoms with Crippen molar-refractivity contribution in [2.75, 3.05) is 12.2 Å². The average Bonchev–Trinajstić information content (AvgIpc) is 2.47. The van der Waals surface area contributed by atoms with Crippen molar-refractivity contribution in [3.05, 3.63) is 52.3 Å². The molecule has 3 nitrogen and oxygen atoms in total. The lowest BCUT2D eigenvalue weighted by Gasteiger charge is -2.15. The summed E-state index contributed by atoms with van der Waals surface area (Å²) in [5.74, 6) is 1.26. The first-order valence-corrected chi connectivity index (χ1v) is 8.13. The van der Waals surface area contributed by atoms with Gasteiger partial charge in [0.15, 0.2) is 0 Å². The fraction of sp³-hybridized carbons (Fsp3) is 0.312. The number of pyridine rings is 1. The molecule has 0 unspecified atom stereocenters. The van der Waals surface area contributed by atoms with Gasteiger partial charge in [0.25, 0.3) is 12.0 Å². The summed E-state index contributed by atoms with van der Waals surface area (Å²) in [6, 6.07) is 9.96. The van der Waals surface area contributed by atoms with E-state index >= 15 is 0 Å². The van der Waals surface area contributed by atoms with E-state index < -0.39 is 18.5 Å². The first kappa shape index (κ1) is 16.5. The summed E-state index contributed by atoms with van der Waals surface area (Å²) in [6.45, 7) is 1.25. The van der Waals surface area contributed by atoms with Crippen LogP contribution in [0.25, 0.3) is 11.3 Å². The second-order valence-corrected chi connectivity index (χ2v) is 5.59. The van der Waals surface area contributed by atoms with Crippen LogP contribution in [0.3, 0.4) is 0 Å². The number of halogens is 2. The first-order chi connectivity index (χ1) is 10.5. The highest BCUT2D eigenvalue weighted by Gasteiger charge is 2.13. The second-order valence-electron chi connectivity index (χ2n) is 4.78. The van der Waals surface area contributed by atoms with E-state index in [1.165, 1.54) is 6.07 Å². The zero-order valence-corrected chi connectivity index (χ0v) is 13.2. The maximum Gasteiger partial charge on any atom is 0.256 e. The van der Waals surface area contributed by atoms with E-state index in [4.69, 9.17) is 4.74 Å². The zero-order valence-electron chi connectivity index (χ0n) is 12.4. The Kier molecular flexibility index (Phi) is 5.60. The van der Waals surface area contributed by atoms with Gasteiger partial charge in [-0.25, -0.2) is 8.78 Å². The van der Waals surface area contributed by atoms with Crippen LogP contribution in [-0.2, 0) is 6.54 Å². The van der Waals surface area contributed by atoms with Crippen LogP contribution in [0.1, 0.15) is 5.56 Å². The lowest BCUT2D eigenvalue weighted by atomic mass is 10.0. The highest BCUT2D eigenvalue weighted by molar-refractivity contribution is 7.98. The maximum atomic E-state index is 12.7. The van der Waals surface area contributed by atoms with Gasteiger partial charge in [-0.2, -0.15) is 0 Å². The number of hydrogen-bond acceptors (Lipinski definition) is 3. The molecule has 0 N–H and O–H groups in total. The van der Waals surface area contributed by atoms with Crippen molar-refractivity contribution < 1.29 is 13.5 Å². The molecule has 0 aliphatic heterocycles. The largest absolute Gasteiger partial charge is 0.483 e. The Morgan fingerprint density at radius 3 is 2.68 bits per heavy atom. The Labute approximate surface area is 131 Å². The quantitative estimate of drug-likeness (QED) is 0.757. The zero-order chi connectivity index (χ0) is 16.1. The number of nitrogens with zero attached hydrogens (tertiary/aromatic N) is 1. The summed E-state index contributed by atoms with van der Waals surface area (Å²) in [4.78, 5) is 11.9. The highest BCUT2D eigenvalue weighted by Crippen LogP contribution is 2.27. The molecule has 2 rings (SSSR count). The van der Waals surface area contributed by atoms with E-state index in [9.17, 15) is 13.6 Å². The number of aromatic nitrogens is 1. The molecule has 0 aliphatic carbocycles. The topological polar surface area (TPSA) is 31.2 Å². The van der Waals surface area contributed by atoms with Crippen molar-refractivity contribution in [1.82, 2.24) is 4.57 Å². The summed E-state index contributed by atoms with van der Waals surface area (Å²) in [6.07, 6.45) is -0.642. The molecule has 2 aromatic rings. The number of alkyl halides is 2. The third-order valence-corrected chi connectivity index (χ3v) is 3.54. The summed E-state index contributed by atoms with van der Waals surface area (Å²) in [5.41, 5.74) is 1.67. The minimum atomic E-state index is -2.58. The van der Waals surface area contributed by atoms with E-state index in [1.807, 2.05) is 19.2 Å². The van der Waals surface area contributed by atoms with Crippen LogP contribution in [0.4, 0.5) is 8.78 Å². The number of benzene rings is 1. The second kappa shape index (κ2) is 7.45. The number of hydrogen-bond donors (Lipinski definition) is 0. The molecule has 1 aromatic carbocycles. The van der Waals surface area contributed by atoms with Crippen molar-refractivity contribution in [2.45, 2.75) is 19.9 Å². The number of ether oxygens (including phenoxy) is 1. The first-order valence-electron chi connectivity index (χ1n) is 6.73. The Hall–Kier alpha value is -1.82. The molecule has 22 heavy (non-hydrogen) atoms. The lowest BCUT2D eigenvalue weighted by molar-refractivity contribution is 0.126. The molecule has 6 heteroatoms. The minimum Gasteiger partial charge on any atom is -0.483 e. The molecule has 0 saturated heterocycles. The molecule has 0 bridgehead atoms. The van der Waals surface area contributed by atoms with Crippen molar-refractivity contribution in [1.29, 1.82) is 0 Å². The monoisotopic (exact) mass is 325 g/mol. The smallest absolute Gasteiger partial charge is 0.256 e. The van der Waals surface area contributed by atoms with Crippen LogP contribution >= 0.6 is 11.8 Å². The summed E-state index contributed by atoms with van der Waals surface area (Å²) in [7, 11) is 0. The van der Waals surface area contributed by atoms with Gasteiger partial charge in [-0.05, 0) is 43.0 Å². The molecule has 0 saturated carbocycles. The predicted molar refractivity (Wildman–Crippen MR) is 85.9 cm³/mol. The fourth-order valence-corrected chi connectivity index (χ4v) is 2.48. The molecule has 0 aliphatic rings. The predicted octanol–water partition coefficient (Wildman–Crippen LogP) is 3.79. The van der Waals surface area contributed by atoms with E-state index in [-0.39, 0.29) is 0 Å². The van der Waals surface area contributed by atoms with Crippen LogP contribution in [0, 0.1) is 6.92 Å². The molecule has 0 amide bonds. The third kappa shape index (κ3) is 3.88. The summed E-state index contributed by atoms with van der Waals surface area (Å²) in [5, 5.41) is 0. The van der Waals surface area contributed by atoms with E-state index in [0.29, 0.717) is 17.4 Å². The Morgan fingerprint density at radius 2 is 2.05 bits per heavy atom. The molecule has 0 fully saturated rings. The standard InChI is InChI=1S/C16H17F2NO2S/c1-11-8-12(21-10-22-2)6-7-13(11)14-4-3-5-16(20)19(14)9-15(17)18/h3-8,15H,9-10H2,1-2H3. The Balaban J connectivity index is 2.44. The van der Waals surface area contributed by atoms with Crippen LogP contribution in [0.2, 0.25) is 0 Å². The molecule has 118 valence electrons. The highest BCUT2D eigenvalue weighted by atomic mass is 32.2. The van der Waals surface area contributed by atoms with Crippen LogP contribution in [0.5, 0.6) is 5.75 Å². The number of aryl methyl sites for hydroxylation is 1. The molecule has 0 radical (unpaired) electrons. The van der Waals surface area contributed by atoms with Gasteiger partial charge >= 0.3 is 0 Å². The molecule has 0 spiro atoms. The van der Waals surface area contributed by atoms with Gasteiger partial charge in [-0.15, -0.1) is 11.8 Å². The third-order valence-electron chi connectivity index (χ3n) is 3.19. The Bertz CT molecular complexity index is 701. The van der Waals surface area contributed by atoms with E-state index in [2.05, 4.69) is 0 Å². The number of thioether (sulfide) groups is 1. The van der Waals surface area contributed by atoms with Gasteiger partial charge < -0.3 is 9.30 Å². The SMILES string of the molecule is CSCOc1ccc(-c2cccc(=O)n2CC(F)F)c(C)c1. The molecule has 1 aromatic heterocycles. The molecular formula is C16H17F2NO2S. The Morgan fingerprint density at radius 1 is 1.27 bits per heavy atom. The molecular weight excluding hydrogens is 308 g/mol. The summed E-state index contributed by atoms with van der Waals surface area (Å²) >= 11 is 1.56. The van der Waals surface area contributed by atoms with Crippen molar-refractivity contribution in [2.24, 2.45) is 0 Å². The van der Waals surface area contributed by atoms with Gasteiger partial charge in [0.05, 0.1) is 12.2 Å². The number of rotatable bonds is 6. The van der Waals surface area contributed by atoms with E-state index in [1.54, 1.807) is 36.0 Å². The van der Waals surface area contributed by atoms with Crippen LogP contribution < -0.4 is 10.3 Å². The summed E-state index contributed by atoms with van der Waals surface area (Å²) < 4.78 is 32.1. The minimum absolute atomic E-state index is 0.431. The average molecular weight is 325 g/mol. The van der Waals surface area contributed by atoms with E-state index in [0.717, 1.165) is 15.7 Å². The molecule has 1 heterocycles. The van der Waals surface area contributed by atoms with Crippen molar-refractivity contribution in [3.8, 4) is 17.0 Å². The lowest BCUT2D eigenvalue weighted by Crippen LogP contribution is -2.24. The maximum absolute atomic E-state index is 12.7. The van der Waals surface area contributed by atoms with Gasteiger partial charge in [-0.3, -0.25) is 4.79 Å². The van der Waals surface area contributed by atoms with Gasteiger partial charge in [0.1, 0.15) is 11.7 Å². The van der Waals surface area contributed by atoms with Crippen LogP contribution in [-0.4, -0.2) is 23.2 Å². The van der Waals surface area contributed by atoms with Crippen molar-refractivity contribution in [3.63, 3.8) is 0 Å². The van der Waals surface area contributed by atoms with Crippen LogP contribution in [0.15, 0.2) is 41.2 Å².